The highest BCUT2D eigenvalue weighted by Crippen LogP contribution is 2.31. The van der Waals surface area contributed by atoms with Gasteiger partial charge in [0.2, 0.25) is 5.91 Å². The molecular weight excluding hydrogens is 350 g/mol. The Bertz CT molecular complexity index is 1060. The fraction of sp³-hybridized carbons (Fsp3) is 0.316. The van der Waals surface area contributed by atoms with Gasteiger partial charge in [0.15, 0.2) is 0 Å². The van der Waals surface area contributed by atoms with E-state index in [1.807, 2.05) is 17.5 Å². The Labute approximate surface area is 154 Å². The number of carbonyl (C=O) groups excluding carboxylic acids is 1. The number of nitrogens with two attached hydrogens (primary N) is 1. The van der Waals surface area contributed by atoms with Crippen LogP contribution < -0.4 is 17.0 Å². The van der Waals surface area contributed by atoms with Crippen molar-refractivity contribution in [2.45, 2.75) is 39.2 Å². The van der Waals surface area contributed by atoms with Gasteiger partial charge < -0.3 is 5.73 Å². The van der Waals surface area contributed by atoms with Crippen LogP contribution in [0.5, 0.6) is 0 Å². The zero-order chi connectivity index (χ0) is 18.8. The Morgan fingerprint density at radius 1 is 1.23 bits per heavy atom. The lowest BCUT2D eigenvalue weighted by Gasteiger charge is -2.07. The first-order chi connectivity index (χ1) is 12.4. The number of nitrogens with zero attached hydrogens (tertiary/aromatic N) is 1. The Morgan fingerprint density at radius 2 is 1.92 bits per heavy atom. The number of nitrogens with one attached hydrogen (secondary N) is 1. The second-order valence-electron chi connectivity index (χ2n) is 6.59. The second-order valence-corrected chi connectivity index (χ2v) is 7.47. The van der Waals surface area contributed by atoms with Crippen molar-refractivity contribution < 1.29 is 4.79 Å². The van der Waals surface area contributed by atoms with Crippen LogP contribution in [0.1, 0.15) is 38.2 Å². The molecule has 0 spiro atoms. The molecule has 0 saturated carbocycles. The number of aromatic amines is 1. The summed E-state index contributed by atoms with van der Waals surface area (Å²) in [7, 11) is 0. The monoisotopic (exact) mass is 371 g/mol. The zero-order valence-electron chi connectivity index (χ0n) is 14.7. The van der Waals surface area contributed by atoms with E-state index in [0.29, 0.717) is 22.6 Å². The number of hydrogen-bond donors (Lipinski definition) is 2. The van der Waals surface area contributed by atoms with E-state index in [0.717, 1.165) is 15.7 Å². The first kappa shape index (κ1) is 18.1. The van der Waals surface area contributed by atoms with Gasteiger partial charge in [-0.15, -0.1) is 11.3 Å². The molecule has 0 aliphatic heterocycles. The number of fused-ring (bicyclic) bond motifs is 1. The standard InChI is InChI=1S/C19H21N3O3S/c1-11(2)12-5-7-13(8-6-12)14-10-26-17-16(14)18(24)22(19(25)21-17)9-3-4-15(20)23/h5-8,10-11H,3-4,9H2,1-2H3,(H2,20,23)(H,21,25). The van der Waals surface area contributed by atoms with E-state index < -0.39 is 11.6 Å². The Balaban J connectivity index is 2.06. The number of benzene rings is 1. The Kier molecular flexibility index (Phi) is 5.08. The highest BCUT2D eigenvalue weighted by molar-refractivity contribution is 7.17. The van der Waals surface area contributed by atoms with Gasteiger partial charge in [0.1, 0.15) is 4.83 Å². The van der Waals surface area contributed by atoms with Crippen LogP contribution in [0.2, 0.25) is 0 Å². The number of thiophene rings is 1. The number of primary amides is 1. The molecule has 26 heavy (non-hydrogen) atoms. The fourth-order valence-electron chi connectivity index (χ4n) is 2.93. The minimum atomic E-state index is -0.462. The van der Waals surface area contributed by atoms with Crippen molar-refractivity contribution in [3.63, 3.8) is 0 Å². The normalized spacial score (nSPS) is 11.3. The van der Waals surface area contributed by atoms with Gasteiger partial charge >= 0.3 is 5.69 Å². The topological polar surface area (TPSA) is 97.9 Å². The molecule has 3 rings (SSSR count). The summed E-state index contributed by atoms with van der Waals surface area (Å²) in [6.07, 6.45) is 0.490. The molecule has 0 aliphatic rings. The van der Waals surface area contributed by atoms with Crippen molar-refractivity contribution in [3.05, 3.63) is 56.0 Å². The number of carbonyl (C=O) groups is 1. The van der Waals surface area contributed by atoms with Gasteiger partial charge in [0.05, 0.1) is 5.39 Å². The molecule has 1 amide bonds. The van der Waals surface area contributed by atoms with Crippen LogP contribution in [0.3, 0.4) is 0 Å². The molecule has 0 atom stereocenters. The summed E-state index contributed by atoms with van der Waals surface area (Å²) in [4.78, 5) is 39.3. The Hall–Kier alpha value is -2.67. The summed E-state index contributed by atoms with van der Waals surface area (Å²) in [5.74, 6) is -0.0147. The maximum absolute atomic E-state index is 12.9. The summed E-state index contributed by atoms with van der Waals surface area (Å²) in [5.41, 5.74) is 7.31. The molecule has 2 heterocycles. The van der Waals surface area contributed by atoms with Gasteiger partial charge in [-0.2, -0.15) is 0 Å². The van der Waals surface area contributed by atoms with Crippen molar-refractivity contribution >= 4 is 27.5 Å². The molecule has 7 heteroatoms. The number of amides is 1. The second kappa shape index (κ2) is 7.29. The van der Waals surface area contributed by atoms with E-state index in [4.69, 9.17) is 5.73 Å². The summed E-state index contributed by atoms with van der Waals surface area (Å²) >= 11 is 1.34. The number of H-pyrrole nitrogens is 1. The third-order valence-corrected chi connectivity index (χ3v) is 5.30. The summed E-state index contributed by atoms with van der Waals surface area (Å²) in [6, 6.07) is 8.11. The quantitative estimate of drug-likeness (QED) is 0.697. The van der Waals surface area contributed by atoms with Crippen molar-refractivity contribution in [1.82, 2.24) is 9.55 Å². The van der Waals surface area contributed by atoms with Gasteiger partial charge in [-0.05, 0) is 23.5 Å². The predicted molar refractivity (Wildman–Crippen MR) is 105 cm³/mol. The maximum Gasteiger partial charge on any atom is 0.329 e. The molecule has 0 saturated heterocycles. The average molecular weight is 371 g/mol. The molecule has 0 fully saturated rings. The minimum absolute atomic E-state index is 0.136. The highest BCUT2D eigenvalue weighted by atomic mass is 32.1. The molecule has 2 aromatic heterocycles. The molecule has 0 bridgehead atoms. The average Bonchev–Trinajstić information content (AvgIpc) is 3.01. The van der Waals surface area contributed by atoms with Gasteiger partial charge in [0.25, 0.3) is 5.56 Å². The molecule has 6 nitrogen and oxygen atoms in total. The SMILES string of the molecule is CC(C)c1ccc(-c2csc3[nH]c(=O)n(CCCC(N)=O)c(=O)c23)cc1. The van der Waals surface area contributed by atoms with Crippen LogP contribution in [-0.2, 0) is 11.3 Å². The van der Waals surface area contributed by atoms with Crippen LogP contribution in [0.4, 0.5) is 0 Å². The van der Waals surface area contributed by atoms with Gasteiger partial charge in [-0.25, -0.2) is 4.79 Å². The minimum Gasteiger partial charge on any atom is -0.370 e. The lowest BCUT2D eigenvalue weighted by Crippen LogP contribution is -2.35. The first-order valence-corrected chi connectivity index (χ1v) is 9.39. The number of rotatable bonds is 6. The summed E-state index contributed by atoms with van der Waals surface area (Å²) in [5, 5.41) is 2.39. The number of hydrogen-bond acceptors (Lipinski definition) is 4. The van der Waals surface area contributed by atoms with Crippen LogP contribution in [0.15, 0.2) is 39.2 Å². The van der Waals surface area contributed by atoms with Gasteiger partial charge in [-0.3, -0.25) is 19.1 Å². The third kappa shape index (κ3) is 3.48. The lowest BCUT2D eigenvalue weighted by molar-refractivity contribution is -0.118. The van der Waals surface area contributed by atoms with Crippen LogP contribution in [-0.4, -0.2) is 15.5 Å². The molecule has 0 radical (unpaired) electrons. The summed E-state index contributed by atoms with van der Waals surface area (Å²) in [6.45, 7) is 4.42. The van der Waals surface area contributed by atoms with Gasteiger partial charge in [-0.1, -0.05) is 38.1 Å². The van der Waals surface area contributed by atoms with E-state index in [2.05, 4.69) is 31.0 Å². The molecule has 0 unspecified atom stereocenters. The van der Waals surface area contributed by atoms with Crippen molar-refractivity contribution in [2.75, 3.05) is 0 Å². The van der Waals surface area contributed by atoms with E-state index in [9.17, 15) is 14.4 Å². The molecule has 3 aromatic rings. The van der Waals surface area contributed by atoms with Crippen molar-refractivity contribution in [1.29, 1.82) is 0 Å². The lowest BCUT2D eigenvalue weighted by atomic mass is 9.99. The first-order valence-electron chi connectivity index (χ1n) is 8.51. The molecule has 0 aliphatic carbocycles. The highest BCUT2D eigenvalue weighted by Gasteiger charge is 2.15. The number of aromatic nitrogens is 2. The Morgan fingerprint density at radius 3 is 2.54 bits per heavy atom. The van der Waals surface area contributed by atoms with Crippen molar-refractivity contribution in [2.24, 2.45) is 5.73 Å². The molecule has 1 aromatic carbocycles. The molecule has 3 N–H and O–H groups in total. The maximum atomic E-state index is 12.9. The molecular formula is C19H21N3O3S. The third-order valence-electron chi connectivity index (χ3n) is 4.41. The van der Waals surface area contributed by atoms with Crippen molar-refractivity contribution in [3.8, 4) is 11.1 Å². The largest absolute Gasteiger partial charge is 0.370 e. The van der Waals surface area contributed by atoms with E-state index in [1.165, 1.54) is 16.9 Å². The predicted octanol–water partition coefficient (Wildman–Crippen LogP) is 2.81. The fourth-order valence-corrected chi connectivity index (χ4v) is 3.88. The van der Waals surface area contributed by atoms with Crippen LogP contribution in [0.25, 0.3) is 21.3 Å². The van der Waals surface area contributed by atoms with Crippen LogP contribution in [0, 0.1) is 0 Å². The van der Waals surface area contributed by atoms with Crippen LogP contribution >= 0.6 is 11.3 Å². The van der Waals surface area contributed by atoms with E-state index in [-0.39, 0.29) is 18.5 Å². The van der Waals surface area contributed by atoms with E-state index in [1.54, 1.807) is 0 Å². The molecule has 136 valence electrons. The van der Waals surface area contributed by atoms with E-state index >= 15 is 0 Å². The van der Waals surface area contributed by atoms with Gasteiger partial charge in [0, 0.05) is 23.9 Å². The zero-order valence-corrected chi connectivity index (χ0v) is 15.6. The smallest absolute Gasteiger partial charge is 0.329 e. The summed E-state index contributed by atoms with van der Waals surface area (Å²) < 4.78 is 1.14.